The maximum absolute atomic E-state index is 8.84. The van der Waals surface area contributed by atoms with Crippen LogP contribution in [0, 0.1) is 12.8 Å². The number of benzene rings is 1. The fourth-order valence-corrected chi connectivity index (χ4v) is 3.06. The molecule has 0 aliphatic carbocycles. The van der Waals surface area contributed by atoms with Gasteiger partial charge in [0.05, 0.1) is 25.5 Å². The molecule has 3 N–H and O–H groups in total. The van der Waals surface area contributed by atoms with Gasteiger partial charge in [0, 0.05) is 23.4 Å². The summed E-state index contributed by atoms with van der Waals surface area (Å²) in [5.41, 5.74) is 8.90. The van der Waals surface area contributed by atoms with Crippen LogP contribution in [-0.4, -0.2) is 39.7 Å². The quantitative estimate of drug-likeness (QED) is 0.246. The van der Waals surface area contributed by atoms with Crippen LogP contribution < -0.4 is 15.2 Å². The number of nitrogens with zero attached hydrogens (tertiary/aromatic N) is 4. The van der Waals surface area contributed by atoms with Crippen molar-refractivity contribution in [3.63, 3.8) is 0 Å². The molecule has 0 spiro atoms. The van der Waals surface area contributed by atoms with Gasteiger partial charge in [0.1, 0.15) is 11.6 Å². The molecular formula is C23H27N5O3. The van der Waals surface area contributed by atoms with Crippen molar-refractivity contribution in [3.8, 4) is 22.8 Å². The highest BCUT2D eigenvalue weighted by molar-refractivity contribution is 5.97. The highest BCUT2D eigenvalue weighted by Crippen LogP contribution is 2.30. The maximum Gasteiger partial charge on any atom is 0.224 e. The van der Waals surface area contributed by atoms with Gasteiger partial charge >= 0.3 is 0 Å². The average Bonchev–Trinajstić information content (AvgIpc) is 2.81. The zero-order valence-corrected chi connectivity index (χ0v) is 18.1. The Balaban J connectivity index is 1.76. The van der Waals surface area contributed by atoms with Crippen molar-refractivity contribution >= 4 is 5.84 Å². The maximum atomic E-state index is 8.84. The third kappa shape index (κ3) is 5.28. The van der Waals surface area contributed by atoms with Crippen LogP contribution in [0.4, 0.5) is 0 Å². The van der Waals surface area contributed by atoms with E-state index in [1.807, 2.05) is 31.2 Å². The lowest BCUT2D eigenvalue weighted by molar-refractivity contribution is 0.233. The Morgan fingerprint density at radius 3 is 2.45 bits per heavy atom. The highest BCUT2D eigenvalue weighted by atomic mass is 16.5. The van der Waals surface area contributed by atoms with E-state index in [1.165, 1.54) is 0 Å². The number of ether oxygens (including phenoxy) is 2. The minimum atomic E-state index is 0.0538. The Hall–Kier alpha value is -3.68. The molecule has 0 saturated carbocycles. The molecule has 2 atom stereocenters. The molecule has 0 unspecified atom stereocenters. The Kier molecular flexibility index (Phi) is 7.02. The summed E-state index contributed by atoms with van der Waals surface area (Å²) >= 11 is 0. The molecule has 0 saturated heterocycles. The van der Waals surface area contributed by atoms with E-state index >= 15 is 0 Å². The monoisotopic (exact) mass is 421 g/mol. The normalized spacial score (nSPS) is 13.5. The summed E-state index contributed by atoms with van der Waals surface area (Å²) in [6.45, 7) is 6.54. The van der Waals surface area contributed by atoms with E-state index in [4.69, 9.17) is 20.4 Å². The zero-order valence-electron chi connectivity index (χ0n) is 18.1. The molecule has 1 aromatic carbocycles. The van der Waals surface area contributed by atoms with Crippen LogP contribution in [0.3, 0.4) is 0 Å². The largest absolute Gasteiger partial charge is 0.495 e. The fourth-order valence-electron chi connectivity index (χ4n) is 3.06. The first-order chi connectivity index (χ1) is 14.9. The molecule has 3 aromatic rings. The Morgan fingerprint density at radius 2 is 1.84 bits per heavy atom. The van der Waals surface area contributed by atoms with Crippen LogP contribution in [0.2, 0.25) is 0 Å². The van der Waals surface area contributed by atoms with Gasteiger partial charge in [-0.2, -0.15) is 4.98 Å². The second kappa shape index (κ2) is 9.88. The molecular weight excluding hydrogens is 394 g/mol. The summed E-state index contributed by atoms with van der Waals surface area (Å²) < 4.78 is 11.3. The molecule has 8 heteroatoms. The number of rotatable bonds is 8. The molecule has 0 radical (unpaired) electrons. The SMILES string of the molecule is COc1ccc([C@@H](C)[C@H](C)COc2nc(C)ncc2-c2ccc(/C(N)=N/O)cc2)nc1. The van der Waals surface area contributed by atoms with Crippen LogP contribution >= 0.6 is 0 Å². The highest BCUT2D eigenvalue weighted by Gasteiger charge is 2.18. The van der Waals surface area contributed by atoms with Crippen LogP contribution in [0.5, 0.6) is 11.6 Å². The van der Waals surface area contributed by atoms with Gasteiger partial charge in [-0.15, -0.1) is 0 Å². The lowest BCUT2D eigenvalue weighted by Crippen LogP contribution is -2.17. The topological polar surface area (TPSA) is 116 Å². The second-order valence-electron chi connectivity index (χ2n) is 7.40. The minimum Gasteiger partial charge on any atom is -0.495 e. The number of pyridine rings is 1. The molecule has 0 fully saturated rings. The molecule has 0 aliphatic heterocycles. The Bertz CT molecular complexity index is 1040. The van der Waals surface area contributed by atoms with E-state index < -0.39 is 0 Å². The van der Waals surface area contributed by atoms with E-state index in [2.05, 4.69) is 34.0 Å². The number of aromatic nitrogens is 3. The number of aryl methyl sites for hydroxylation is 1. The molecule has 2 aromatic heterocycles. The van der Waals surface area contributed by atoms with Crippen LogP contribution in [-0.2, 0) is 0 Å². The summed E-state index contributed by atoms with van der Waals surface area (Å²) in [6, 6.07) is 11.2. The first-order valence-corrected chi connectivity index (χ1v) is 9.97. The molecule has 0 aliphatic rings. The van der Waals surface area contributed by atoms with E-state index in [9.17, 15) is 0 Å². The van der Waals surface area contributed by atoms with E-state index in [-0.39, 0.29) is 17.7 Å². The fraction of sp³-hybridized carbons (Fsp3) is 0.304. The van der Waals surface area contributed by atoms with Crippen molar-refractivity contribution in [3.05, 3.63) is 65.9 Å². The third-order valence-electron chi connectivity index (χ3n) is 5.27. The van der Waals surface area contributed by atoms with E-state index in [1.54, 1.807) is 31.6 Å². The van der Waals surface area contributed by atoms with Crippen molar-refractivity contribution in [1.29, 1.82) is 0 Å². The summed E-state index contributed by atoms with van der Waals surface area (Å²) in [5, 5.41) is 11.9. The predicted octanol–water partition coefficient (Wildman–Crippen LogP) is 3.77. The number of methoxy groups -OCH3 is 1. The third-order valence-corrected chi connectivity index (χ3v) is 5.27. The summed E-state index contributed by atoms with van der Waals surface area (Å²) in [4.78, 5) is 13.3. The second-order valence-corrected chi connectivity index (χ2v) is 7.40. The minimum absolute atomic E-state index is 0.0538. The molecule has 162 valence electrons. The van der Waals surface area contributed by atoms with Crippen LogP contribution in [0.25, 0.3) is 11.1 Å². The van der Waals surface area contributed by atoms with E-state index in [0.717, 1.165) is 22.6 Å². The molecule has 31 heavy (non-hydrogen) atoms. The van der Waals surface area contributed by atoms with Gasteiger partial charge < -0.3 is 20.4 Å². The first-order valence-electron chi connectivity index (χ1n) is 9.97. The summed E-state index contributed by atoms with van der Waals surface area (Å²) in [7, 11) is 1.63. The molecule has 3 rings (SSSR count). The van der Waals surface area contributed by atoms with Crippen molar-refractivity contribution < 1.29 is 14.7 Å². The van der Waals surface area contributed by atoms with E-state index in [0.29, 0.717) is 23.9 Å². The zero-order chi connectivity index (χ0) is 22.4. The number of nitrogens with two attached hydrogens (primary N) is 1. The van der Waals surface area contributed by atoms with Gasteiger partial charge in [-0.3, -0.25) is 4.98 Å². The Labute approximate surface area is 181 Å². The number of hydrogen-bond donors (Lipinski definition) is 2. The smallest absolute Gasteiger partial charge is 0.224 e. The average molecular weight is 422 g/mol. The first kappa shape index (κ1) is 22.0. The summed E-state index contributed by atoms with van der Waals surface area (Å²) in [6.07, 6.45) is 3.47. The lowest BCUT2D eigenvalue weighted by atomic mass is 9.93. The van der Waals surface area contributed by atoms with Gasteiger partial charge in [0.15, 0.2) is 5.84 Å². The van der Waals surface area contributed by atoms with Crippen LogP contribution in [0.15, 0.2) is 53.9 Å². The predicted molar refractivity (Wildman–Crippen MR) is 119 cm³/mol. The van der Waals surface area contributed by atoms with Gasteiger partial charge in [0.2, 0.25) is 5.88 Å². The van der Waals surface area contributed by atoms with Gasteiger partial charge in [0.25, 0.3) is 0 Å². The number of oxime groups is 1. The molecule has 0 bridgehead atoms. The summed E-state index contributed by atoms with van der Waals surface area (Å²) in [5.74, 6) is 2.33. The van der Waals surface area contributed by atoms with Crippen molar-refractivity contribution in [2.24, 2.45) is 16.8 Å². The standard InChI is InChI=1S/C23H27N5O3/c1-14(15(2)21-10-9-19(30-4)11-26-21)13-31-23-20(12-25-16(3)27-23)17-5-7-18(8-6-17)22(24)28-29/h5-12,14-15,29H,13H2,1-4H3,(H2,24,28)/t14-,15+/m1/s1. The number of amidine groups is 1. The van der Waals surface area contributed by atoms with Gasteiger partial charge in [-0.1, -0.05) is 43.3 Å². The number of hydrogen-bond acceptors (Lipinski definition) is 7. The van der Waals surface area contributed by atoms with Crippen molar-refractivity contribution in [1.82, 2.24) is 15.0 Å². The lowest BCUT2D eigenvalue weighted by Gasteiger charge is -2.20. The van der Waals surface area contributed by atoms with Gasteiger partial charge in [-0.05, 0) is 30.5 Å². The van der Waals surface area contributed by atoms with Crippen molar-refractivity contribution in [2.75, 3.05) is 13.7 Å². The Morgan fingerprint density at radius 1 is 1.10 bits per heavy atom. The molecule has 2 heterocycles. The van der Waals surface area contributed by atoms with Crippen molar-refractivity contribution in [2.45, 2.75) is 26.7 Å². The molecule has 0 amide bonds. The van der Waals surface area contributed by atoms with Crippen LogP contribution in [0.1, 0.15) is 36.8 Å². The van der Waals surface area contributed by atoms with Gasteiger partial charge in [-0.25, -0.2) is 4.98 Å². The molecule has 8 nitrogen and oxygen atoms in total.